The normalized spacial score (nSPS) is 25.8. The molecular formula is C10H12BrNO. The molecule has 0 radical (unpaired) electrons. The summed E-state index contributed by atoms with van der Waals surface area (Å²) >= 11 is 3.52. The zero-order valence-electron chi connectivity index (χ0n) is 7.46. The molecule has 1 aliphatic rings. The fourth-order valence-corrected chi connectivity index (χ4v) is 2.05. The second-order valence-electron chi connectivity index (χ2n) is 3.39. The number of halogens is 1. The van der Waals surface area contributed by atoms with Crippen LogP contribution in [-0.2, 0) is 0 Å². The Hall–Kier alpha value is -0.540. The van der Waals surface area contributed by atoms with Gasteiger partial charge < -0.3 is 10.5 Å². The van der Waals surface area contributed by atoms with Gasteiger partial charge in [-0.2, -0.15) is 0 Å². The summed E-state index contributed by atoms with van der Waals surface area (Å²) < 4.78 is 6.29. The zero-order chi connectivity index (χ0) is 9.42. The lowest BCUT2D eigenvalue weighted by molar-refractivity contribution is 0.414. The molecule has 0 spiro atoms. The molecule has 3 heteroatoms. The topological polar surface area (TPSA) is 35.2 Å². The van der Waals surface area contributed by atoms with Crippen molar-refractivity contribution in [1.29, 1.82) is 0 Å². The van der Waals surface area contributed by atoms with E-state index in [1.807, 2.05) is 12.1 Å². The molecule has 1 aliphatic carbocycles. The van der Waals surface area contributed by atoms with Gasteiger partial charge in [-0.3, -0.25) is 0 Å². The Balaban J connectivity index is 2.32. The molecule has 1 aromatic carbocycles. The smallest absolute Gasteiger partial charge is 0.119 e. The van der Waals surface area contributed by atoms with Gasteiger partial charge in [0.25, 0.3) is 0 Å². The number of ether oxygens (including phenoxy) is 1. The van der Waals surface area contributed by atoms with Gasteiger partial charge in [0.1, 0.15) is 5.75 Å². The summed E-state index contributed by atoms with van der Waals surface area (Å²) in [5.74, 6) is 1.42. The van der Waals surface area contributed by atoms with E-state index >= 15 is 0 Å². The largest absolute Gasteiger partial charge is 0.497 e. The molecule has 0 saturated heterocycles. The maximum absolute atomic E-state index is 5.80. The monoisotopic (exact) mass is 241 g/mol. The van der Waals surface area contributed by atoms with Crippen molar-refractivity contribution in [2.75, 3.05) is 7.11 Å². The predicted molar refractivity (Wildman–Crippen MR) is 56.0 cm³/mol. The first-order valence-corrected chi connectivity index (χ1v) is 5.10. The van der Waals surface area contributed by atoms with Gasteiger partial charge >= 0.3 is 0 Å². The standard InChI is InChI=1S/C10H12BrNO/c1-13-6-2-3-9(11)7(4-6)8-5-10(8)12/h2-4,8,10H,5,12H2,1H3/t8-,10+/m0/s1. The van der Waals surface area contributed by atoms with Crippen molar-refractivity contribution < 1.29 is 4.74 Å². The molecular weight excluding hydrogens is 230 g/mol. The highest BCUT2D eigenvalue weighted by Crippen LogP contribution is 2.43. The minimum atomic E-state index is 0.336. The predicted octanol–water partition coefficient (Wildman–Crippen LogP) is 2.27. The molecule has 2 atom stereocenters. The van der Waals surface area contributed by atoms with Crippen LogP contribution in [-0.4, -0.2) is 13.2 Å². The van der Waals surface area contributed by atoms with Gasteiger partial charge in [-0.1, -0.05) is 15.9 Å². The van der Waals surface area contributed by atoms with Crippen LogP contribution in [0, 0.1) is 0 Å². The number of benzene rings is 1. The lowest BCUT2D eigenvalue weighted by atomic mass is 10.1. The third kappa shape index (κ3) is 1.71. The molecule has 70 valence electrons. The highest BCUT2D eigenvalue weighted by atomic mass is 79.9. The number of hydrogen-bond acceptors (Lipinski definition) is 2. The average molecular weight is 242 g/mol. The van der Waals surface area contributed by atoms with Crippen LogP contribution >= 0.6 is 15.9 Å². The molecule has 0 aliphatic heterocycles. The van der Waals surface area contributed by atoms with Crippen LogP contribution in [0.4, 0.5) is 0 Å². The molecule has 2 N–H and O–H groups in total. The summed E-state index contributed by atoms with van der Waals surface area (Å²) in [4.78, 5) is 0. The first kappa shape index (κ1) is 9.03. The Morgan fingerprint density at radius 1 is 1.54 bits per heavy atom. The quantitative estimate of drug-likeness (QED) is 0.863. The SMILES string of the molecule is COc1ccc(Br)c([C@@H]2C[C@H]2N)c1. The van der Waals surface area contributed by atoms with Gasteiger partial charge in [0.2, 0.25) is 0 Å². The van der Waals surface area contributed by atoms with E-state index in [0.717, 1.165) is 16.6 Å². The Morgan fingerprint density at radius 3 is 2.77 bits per heavy atom. The fraction of sp³-hybridized carbons (Fsp3) is 0.400. The van der Waals surface area contributed by atoms with Crippen molar-refractivity contribution in [2.24, 2.45) is 5.73 Å². The van der Waals surface area contributed by atoms with Crippen LogP contribution in [0.2, 0.25) is 0 Å². The molecule has 2 nitrogen and oxygen atoms in total. The van der Waals surface area contributed by atoms with Crippen LogP contribution in [0.15, 0.2) is 22.7 Å². The van der Waals surface area contributed by atoms with Crippen molar-refractivity contribution in [3.05, 3.63) is 28.2 Å². The third-order valence-corrected chi connectivity index (χ3v) is 3.16. The zero-order valence-corrected chi connectivity index (χ0v) is 9.04. The number of methoxy groups -OCH3 is 1. The lowest BCUT2D eigenvalue weighted by Gasteiger charge is -2.05. The summed E-state index contributed by atoms with van der Waals surface area (Å²) in [7, 11) is 1.68. The summed E-state index contributed by atoms with van der Waals surface area (Å²) in [6, 6.07) is 6.35. The molecule has 0 heterocycles. The Morgan fingerprint density at radius 2 is 2.23 bits per heavy atom. The maximum Gasteiger partial charge on any atom is 0.119 e. The van der Waals surface area contributed by atoms with E-state index in [1.165, 1.54) is 5.56 Å². The first-order valence-electron chi connectivity index (χ1n) is 4.31. The summed E-state index contributed by atoms with van der Waals surface area (Å²) in [6.45, 7) is 0. The lowest BCUT2D eigenvalue weighted by Crippen LogP contribution is -2.01. The molecule has 0 amide bonds. The number of nitrogens with two attached hydrogens (primary N) is 1. The van der Waals surface area contributed by atoms with Gasteiger partial charge in [-0.15, -0.1) is 0 Å². The van der Waals surface area contributed by atoms with E-state index < -0.39 is 0 Å². The van der Waals surface area contributed by atoms with Crippen LogP contribution in [0.1, 0.15) is 17.9 Å². The van der Waals surface area contributed by atoms with Gasteiger partial charge in [-0.25, -0.2) is 0 Å². The Labute approximate surface area is 86.2 Å². The van der Waals surface area contributed by atoms with Crippen molar-refractivity contribution >= 4 is 15.9 Å². The van der Waals surface area contributed by atoms with Crippen molar-refractivity contribution in [3.8, 4) is 5.75 Å². The maximum atomic E-state index is 5.80. The highest BCUT2D eigenvalue weighted by Gasteiger charge is 2.36. The van der Waals surface area contributed by atoms with Crippen molar-refractivity contribution in [1.82, 2.24) is 0 Å². The molecule has 0 unspecified atom stereocenters. The van der Waals surface area contributed by atoms with Gasteiger partial charge in [-0.05, 0) is 30.2 Å². The molecule has 1 fully saturated rings. The van der Waals surface area contributed by atoms with Crippen LogP contribution in [0.25, 0.3) is 0 Å². The van der Waals surface area contributed by atoms with Crippen molar-refractivity contribution in [2.45, 2.75) is 18.4 Å². The summed E-state index contributed by atoms with van der Waals surface area (Å²) in [5.41, 5.74) is 7.07. The van der Waals surface area contributed by atoms with Gasteiger partial charge in [0, 0.05) is 16.4 Å². The van der Waals surface area contributed by atoms with Gasteiger partial charge in [0.05, 0.1) is 7.11 Å². The molecule has 1 saturated carbocycles. The summed E-state index contributed by atoms with van der Waals surface area (Å²) in [6.07, 6.45) is 1.09. The molecule has 1 aromatic rings. The summed E-state index contributed by atoms with van der Waals surface area (Å²) in [5, 5.41) is 0. The number of hydrogen-bond donors (Lipinski definition) is 1. The average Bonchev–Trinajstić information content (AvgIpc) is 2.83. The molecule has 0 aromatic heterocycles. The van der Waals surface area contributed by atoms with E-state index in [9.17, 15) is 0 Å². The Bertz CT molecular complexity index is 327. The minimum Gasteiger partial charge on any atom is -0.497 e. The second kappa shape index (κ2) is 3.31. The van der Waals surface area contributed by atoms with Gasteiger partial charge in [0.15, 0.2) is 0 Å². The van der Waals surface area contributed by atoms with E-state index in [0.29, 0.717) is 12.0 Å². The second-order valence-corrected chi connectivity index (χ2v) is 4.25. The number of rotatable bonds is 2. The molecule has 2 rings (SSSR count). The van der Waals surface area contributed by atoms with E-state index in [-0.39, 0.29) is 0 Å². The van der Waals surface area contributed by atoms with Crippen LogP contribution in [0.5, 0.6) is 5.75 Å². The molecule has 13 heavy (non-hydrogen) atoms. The van der Waals surface area contributed by atoms with E-state index in [1.54, 1.807) is 7.11 Å². The van der Waals surface area contributed by atoms with E-state index in [2.05, 4.69) is 22.0 Å². The van der Waals surface area contributed by atoms with Crippen LogP contribution in [0.3, 0.4) is 0 Å². The van der Waals surface area contributed by atoms with E-state index in [4.69, 9.17) is 10.5 Å². The van der Waals surface area contributed by atoms with Crippen molar-refractivity contribution in [3.63, 3.8) is 0 Å². The van der Waals surface area contributed by atoms with Crippen LogP contribution < -0.4 is 10.5 Å². The minimum absolute atomic E-state index is 0.336. The fourth-order valence-electron chi connectivity index (χ4n) is 1.51. The molecule has 0 bridgehead atoms. The first-order chi connectivity index (χ1) is 6.22. The third-order valence-electron chi connectivity index (χ3n) is 2.44. The Kier molecular flexibility index (Phi) is 2.30. The highest BCUT2D eigenvalue weighted by molar-refractivity contribution is 9.10.